The first kappa shape index (κ1) is 9.51. The van der Waals surface area contributed by atoms with Crippen molar-refractivity contribution in [1.29, 1.82) is 0 Å². The van der Waals surface area contributed by atoms with Crippen LogP contribution in [0.25, 0.3) is 0 Å². The molecule has 4 nitrogen and oxygen atoms in total. The summed E-state index contributed by atoms with van der Waals surface area (Å²) in [6, 6.07) is 0. The lowest BCUT2D eigenvalue weighted by molar-refractivity contribution is 0.186. The van der Waals surface area contributed by atoms with E-state index in [1.54, 1.807) is 14.0 Å². The van der Waals surface area contributed by atoms with Crippen LogP contribution in [0.15, 0.2) is 0 Å². The Morgan fingerprint density at radius 3 is 2.67 bits per heavy atom. The van der Waals surface area contributed by atoms with Gasteiger partial charge in [-0.1, -0.05) is 11.6 Å². The summed E-state index contributed by atoms with van der Waals surface area (Å²) in [4.78, 5) is 0. The Hall–Kier alpha value is -0.580. The quantitative estimate of drug-likeness (QED) is 0.707. The van der Waals surface area contributed by atoms with Gasteiger partial charge in [-0.05, 0) is 6.92 Å². The van der Waals surface area contributed by atoms with Gasteiger partial charge in [0.1, 0.15) is 5.15 Å². The molecule has 0 amide bonds. The summed E-state index contributed by atoms with van der Waals surface area (Å²) in [5, 5.41) is 13.9. The zero-order valence-electron chi connectivity index (χ0n) is 7.08. The summed E-state index contributed by atoms with van der Waals surface area (Å²) >= 11 is 5.87. The Balaban J connectivity index is 3.13. The third-order valence-corrected chi connectivity index (χ3v) is 2.20. The highest BCUT2D eigenvalue weighted by molar-refractivity contribution is 6.30. The summed E-state index contributed by atoms with van der Waals surface area (Å²) in [6.07, 6.45) is -0.716. The molecule has 0 saturated heterocycles. The van der Waals surface area contributed by atoms with Gasteiger partial charge in [-0.25, -0.2) is 0 Å². The summed E-state index contributed by atoms with van der Waals surface area (Å²) in [5.74, 6) is 0. The maximum Gasteiger partial charge on any atom is 0.132 e. The van der Waals surface area contributed by atoms with Gasteiger partial charge in [0.15, 0.2) is 0 Å². The summed E-state index contributed by atoms with van der Waals surface area (Å²) in [6.45, 7) is 1.95. The minimum atomic E-state index is -0.716. The summed E-state index contributed by atoms with van der Waals surface area (Å²) in [7, 11) is 1.72. The van der Waals surface area contributed by atoms with Crippen LogP contribution in [0.4, 0.5) is 0 Å². The van der Waals surface area contributed by atoms with Crippen LogP contribution in [0, 0.1) is 6.92 Å². The molecule has 0 aliphatic rings. The lowest BCUT2D eigenvalue weighted by atomic mass is 10.1. The van der Waals surface area contributed by atoms with Crippen molar-refractivity contribution < 1.29 is 5.11 Å². The van der Waals surface area contributed by atoms with Crippen molar-refractivity contribution in [2.75, 3.05) is 6.54 Å². The van der Waals surface area contributed by atoms with Crippen molar-refractivity contribution in [2.45, 2.75) is 13.0 Å². The summed E-state index contributed by atoms with van der Waals surface area (Å²) in [5.41, 5.74) is 6.65. The van der Waals surface area contributed by atoms with Crippen LogP contribution in [0.5, 0.6) is 0 Å². The zero-order valence-corrected chi connectivity index (χ0v) is 7.84. The SMILES string of the molecule is Cc1nn(C)c(Cl)c1[C@@H](O)CN. The molecule has 68 valence electrons. The maximum absolute atomic E-state index is 9.44. The first-order chi connectivity index (χ1) is 5.57. The van der Waals surface area contributed by atoms with Gasteiger partial charge in [-0.2, -0.15) is 5.10 Å². The van der Waals surface area contributed by atoms with Crippen LogP contribution >= 0.6 is 11.6 Å². The van der Waals surface area contributed by atoms with E-state index in [0.29, 0.717) is 10.7 Å². The molecule has 5 heteroatoms. The Bertz CT molecular complexity index is 284. The topological polar surface area (TPSA) is 64.1 Å². The number of aryl methyl sites for hydroxylation is 2. The molecule has 0 aliphatic heterocycles. The van der Waals surface area contributed by atoms with E-state index in [2.05, 4.69) is 5.10 Å². The second kappa shape index (κ2) is 3.43. The molecule has 1 heterocycles. The first-order valence-electron chi connectivity index (χ1n) is 3.65. The van der Waals surface area contributed by atoms with E-state index in [0.717, 1.165) is 5.69 Å². The number of hydrogen-bond acceptors (Lipinski definition) is 3. The van der Waals surface area contributed by atoms with E-state index in [1.165, 1.54) is 4.68 Å². The Labute approximate surface area is 75.9 Å². The van der Waals surface area contributed by atoms with Gasteiger partial charge < -0.3 is 10.8 Å². The molecule has 1 atom stereocenters. The number of aliphatic hydroxyl groups is 1. The fraction of sp³-hybridized carbons (Fsp3) is 0.571. The normalized spacial score (nSPS) is 13.4. The van der Waals surface area contributed by atoms with Crippen molar-refractivity contribution in [3.05, 3.63) is 16.4 Å². The van der Waals surface area contributed by atoms with Gasteiger partial charge in [0.2, 0.25) is 0 Å². The molecule has 1 aromatic rings. The lowest BCUT2D eigenvalue weighted by Crippen LogP contribution is -2.12. The van der Waals surface area contributed by atoms with E-state index < -0.39 is 6.10 Å². The molecule has 12 heavy (non-hydrogen) atoms. The van der Waals surface area contributed by atoms with Gasteiger partial charge in [-0.15, -0.1) is 0 Å². The Morgan fingerprint density at radius 2 is 2.33 bits per heavy atom. The molecule has 0 aliphatic carbocycles. The van der Waals surface area contributed by atoms with Crippen LogP contribution in [0.1, 0.15) is 17.4 Å². The maximum atomic E-state index is 9.44. The largest absolute Gasteiger partial charge is 0.387 e. The van der Waals surface area contributed by atoms with Gasteiger partial charge in [-0.3, -0.25) is 4.68 Å². The molecule has 0 spiro atoms. The number of aliphatic hydroxyl groups excluding tert-OH is 1. The summed E-state index contributed by atoms with van der Waals surface area (Å²) < 4.78 is 1.52. The minimum absolute atomic E-state index is 0.159. The van der Waals surface area contributed by atoms with Gasteiger partial charge >= 0.3 is 0 Å². The number of nitrogens with two attached hydrogens (primary N) is 1. The first-order valence-corrected chi connectivity index (χ1v) is 4.02. The molecular formula is C7H12ClN3O. The van der Waals surface area contributed by atoms with E-state index >= 15 is 0 Å². The number of halogens is 1. The molecular weight excluding hydrogens is 178 g/mol. The van der Waals surface area contributed by atoms with Gasteiger partial charge in [0, 0.05) is 19.2 Å². The highest BCUT2D eigenvalue weighted by Gasteiger charge is 2.17. The number of rotatable bonds is 2. The molecule has 1 aromatic heterocycles. The highest BCUT2D eigenvalue weighted by Crippen LogP contribution is 2.24. The highest BCUT2D eigenvalue weighted by atomic mass is 35.5. The van der Waals surface area contributed by atoms with Gasteiger partial charge in [0.05, 0.1) is 11.8 Å². The molecule has 0 fully saturated rings. The van der Waals surface area contributed by atoms with Crippen LogP contribution < -0.4 is 5.73 Å². The van der Waals surface area contributed by atoms with Crippen molar-refractivity contribution in [3.8, 4) is 0 Å². The van der Waals surface area contributed by atoms with E-state index in [-0.39, 0.29) is 6.54 Å². The predicted molar refractivity (Wildman–Crippen MR) is 47.0 cm³/mol. The number of nitrogens with zero attached hydrogens (tertiary/aromatic N) is 2. The molecule has 3 N–H and O–H groups in total. The Morgan fingerprint density at radius 1 is 1.75 bits per heavy atom. The van der Waals surface area contributed by atoms with E-state index in [1.807, 2.05) is 0 Å². The van der Waals surface area contributed by atoms with Crippen LogP contribution in [-0.4, -0.2) is 21.4 Å². The van der Waals surface area contributed by atoms with Crippen molar-refractivity contribution in [2.24, 2.45) is 12.8 Å². The second-order valence-corrected chi connectivity index (χ2v) is 3.02. The van der Waals surface area contributed by atoms with Crippen molar-refractivity contribution in [3.63, 3.8) is 0 Å². The second-order valence-electron chi connectivity index (χ2n) is 2.67. The third-order valence-electron chi connectivity index (χ3n) is 1.75. The molecule has 0 saturated carbocycles. The molecule has 0 radical (unpaired) electrons. The predicted octanol–water partition coefficient (Wildman–Crippen LogP) is 0.374. The Kier molecular flexibility index (Phi) is 2.72. The van der Waals surface area contributed by atoms with E-state index in [9.17, 15) is 5.11 Å². The molecule has 1 rings (SSSR count). The average Bonchev–Trinajstić information content (AvgIpc) is 2.26. The standard InChI is InChI=1S/C7H12ClN3O/c1-4-6(5(12)3-9)7(8)11(2)10-4/h5,12H,3,9H2,1-2H3/t5-/m0/s1. The lowest BCUT2D eigenvalue weighted by Gasteiger charge is -2.06. The number of aromatic nitrogens is 2. The fourth-order valence-corrected chi connectivity index (χ4v) is 1.44. The number of hydrogen-bond donors (Lipinski definition) is 2. The van der Waals surface area contributed by atoms with Crippen molar-refractivity contribution in [1.82, 2.24) is 9.78 Å². The third kappa shape index (κ3) is 1.46. The molecule has 0 aromatic carbocycles. The molecule has 0 bridgehead atoms. The fourth-order valence-electron chi connectivity index (χ4n) is 1.14. The van der Waals surface area contributed by atoms with Gasteiger partial charge in [0.25, 0.3) is 0 Å². The van der Waals surface area contributed by atoms with Crippen molar-refractivity contribution >= 4 is 11.6 Å². The molecule has 0 unspecified atom stereocenters. The van der Waals surface area contributed by atoms with Crippen LogP contribution in [0.2, 0.25) is 5.15 Å². The minimum Gasteiger partial charge on any atom is -0.387 e. The van der Waals surface area contributed by atoms with Crippen LogP contribution in [0.3, 0.4) is 0 Å². The van der Waals surface area contributed by atoms with E-state index in [4.69, 9.17) is 17.3 Å². The average molecular weight is 190 g/mol. The smallest absolute Gasteiger partial charge is 0.132 e. The monoisotopic (exact) mass is 189 g/mol. The van der Waals surface area contributed by atoms with Crippen LogP contribution in [-0.2, 0) is 7.05 Å². The zero-order chi connectivity index (χ0) is 9.30.